The van der Waals surface area contributed by atoms with E-state index in [-0.39, 0.29) is 12.7 Å². The zero-order valence-corrected chi connectivity index (χ0v) is 12.3. The van der Waals surface area contributed by atoms with Crippen molar-refractivity contribution in [1.29, 1.82) is 0 Å². The molecular weight excluding hydrogens is 258 g/mol. The van der Waals surface area contributed by atoms with Crippen LogP contribution in [0, 0.1) is 0 Å². The largest absolute Gasteiger partial charge is 0.490 e. The second-order valence-electron chi connectivity index (χ2n) is 4.58. The van der Waals surface area contributed by atoms with Gasteiger partial charge in [-0.2, -0.15) is 0 Å². The monoisotopic (exact) mass is 281 g/mol. The first kappa shape index (κ1) is 16.3. The molecule has 0 aliphatic carbocycles. The number of ether oxygens (including phenoxy) is 3. The summed E-state index contributed by atoms with van der Waals surface area (Å²) in [6, 6.07) is 5.59. The first-order valence-corrected chi connectivity index (χ1v) is 6.84. The van der Waals surface area contributed by atoms with Crippen LogP contribution in [0.1, 0.15) is 26.3 Å². The van der Waals surface area contributed by atoms with Crippen molar-refractivity contribution in [3.63, 3.8) is 0 Å². The molecule has 0 aromatic heterocycles. The molecule has 1 rings (SSSR count). The smallest absolute Gasteiger partial charge is 0.344 e. The maximum Gasteiger partial charge on any atom is 0.344 e. The van der Waals surface area contributed by atoms with Gasteiger partial charge in [-0.05, 0) is 51.4 Å². The van der Waals surface area contributed by atoms with Crippen LogP contribution in [-0.4, -0.2) is 31.8 Å². The number of rotatable bonds is 8. The Labute approximate surface area is 120 Å². The SMILES string of the molecule is CCOc1cc(CCN)ccc1OCC(=O)OC(C)C. The number of esters is 1. The summed E-state index contributed by atoms with van der Waals surface area (Å²) in [5, 5.41) is 0. The van der Waals surface area contributed by atoms with Gasteiger partial charge in [0.15, 0.2) is 18.1 Å². The fourth-order valence-corrected chi connectivity index (χ4v) is 1.70. The Morgan fingerprint density at radius 2 is 2.00 bits per heavy atom. The van der Waals surface area contributed by atoms with Gasteiger partial charge in [0.1, 0.15) is 0 Å². The highest BCUT2D eigenvalue weighted by atomic mass is 16.6. The van der Waals surface area contributed by atoms with E-state index in [4.69, 9.17) is 19.9 Å². The third-order valence-corrected chi connectivity index (χ3v) is 2.45. The fourth-order valence-electron chi connectivity index (χ4n) is 1.70. The Kier molecular flexibility index (Phi) is 6.87. The Morgan fingerprint density at radius 1 is 1.25 bits per heavy atom. The van der Waals surface area contributed by atoms with E-state index in [0.29, 0.717) is 24.7 Å². The molecule has 2 N–H and O–H groups in total. The summed E-state index contributed by atoms with van der Waals surface area (Å²) in [5.74, 6) is 0.762. The van der Waals surface area contributed by atoms with Crippen LogP contribution in [-0.2, 0) is 16.0 Å². The molecule has 0 fully saturated rings. The third kappa shape index (κ3) is 5.48. The van der Waals surface area contributed by atoms with Crippen LogP contribution in [0.5, 0.6) is 11.5 Å². The summed E-state index contributed by atoms with van der Waals surface area (Å²) >= 11 is 0. The van der Waals surface area contributed by atoms with Crippen LogP contribution < -0.4 is 15.2 Å². The molecule has 0 aliphatic rings. The molecule has 0 saturated carbocycles. The van der Waals surface area contributed by atoms with Crippen LogP contribution in [0.3, 0.4) is 0 Å². The summed E-state index contributed by atoms with van der Waals surface area (Å²) in [4.78, 5) is 11.5. The van der Waals surface area contributed by atoms with Gasteiger partial charge in [-0.15, -0.1) is 0 Å². The number of hydrogen-bond donors (Lipinski definition) is 1. The minimum absolute atomic E-state index is 0.130. The maximum atomic E-state index is 11.5. The quantitative estimate of drug-likeness (QED) is 0.737. The predicted octanol–water partition coefficient (Wildman–Crippen LogP) is 1.92. The first-order chi connectivity index (χ1) is 9.56. The van der Waals surface area contributed by atoms with Gasteiger partial charge >= 0.3 is 5.97 Å². The minimum atomic E-state index is -0.395. The highest BCUT2D eigenvalue weighted by Gasteiger charge is 2.10. The van der Waals surface area contributed by atoms with E-state index < -0.39 is 5.97 Å². The highest BCUT2D eigenvalue weighted by Crippen LogP contribution is 2.28. The van der Waals surface area contributed by atoms with Crippen molar-refractivity contribution in [3.05, 3.63) is 23.8 Å². The highest BCUT2D eigenvalue weighted by molar-refractivity contribution is 5.71. The lowest BCUT2D eigenvalue weighted by Crippen LogP contribution is -2.19. The topological polar surface area (TPSA) is 70.8 Å². The number of carbonyl (C=O) groups excluding carboxylic acids is 1. The van der Waals surface area contributed by atoms with E-state index in [1.165, 1.54) is 0 Å². The van der Waals surface area contributed by atoms with Gasteiger partial charge in [-0.25, -0.2) is 4.79 Å². The summed E-state index contributed by atoms with van der Waals surface area (Å²) in [6.07, 6.45) is 0.625. The molecule has 0 heterocycles. The predicted molar refractivity (Wildman–Crippen MR) is 77.1 cm³/mol. The van der Waals surface area contributed by atoms with Crippen molar-refractivity contribution in [2.45, 2.75) is 33.3 Å². The van der Waals surface area contributed by atoms with Crippen molar-refractivity contribution in [1.82, 2.24) is 0 Å². The molecular formula is C15H23NO4. The minimum Gasteiger partial charge on any atom is -0.490 e. The third-order valence-electron chi connectivity index (χ3n) is 2.45. The van der Waals surface area contributed by atoms with Crippen molar-refractivity contribution < 1.29 is 19.0 Å². The average Bonchev–Trinajstić information content (AvgIpc) is 2.38. The van der Waals surface area contributed by atoms with Crippen molar-refractivity contribution in [2.75, 3.05) is 19.8 Å². The second-order valence-corrected chi connectivity index (χ2v) is 4.58. The molecule has 0 bridgehead atoms. The van der Waals surface area contributed by atoms with Gasteiger partial charge in [0.05, 0.1) is 12.7 Å². The normalized spacial score (nSPS) is 10.4. The van der Waals surface area contributed by atoms with Crippen LogP contribution in [0.15, 0.2) is 18.2 Å². The average molecular weight is 281 g/mol. The molecule has 0 aliphatic heterocycles. The van der Waals surface area contributed by atoms with E-state index in [1.54, 1.807) is 19.9 Å². The molecule has 5 heteroatoms. The Balaban J connectivity index is 2.70. The van der Waals surface area contributed by atoms with Crippen molar-refractivity contribution in [2.24, 2.45) is 5.73 Å². The lowest BCUT2D eigenvalue weighted by Gasteiger charge is -2.13. The summed E-state index contributed by atoms with van der Waals surface area (Å²) in [5.41, 5.74) is 6.61. The molecule has 0 unspecified atom stereocenters. The van der Waals surface area contributed by atoms with Gasteiger partial charge in [-0.1, -0.05) is 6.07 Å². The van der Waals surface area contributed by atoms with Gasteiger partial charge in [-0.3, -0.25) is 0 Å². The van der Waals surface area contributed by atoms with Gasteiger partial charge in [0.2, 0.25) is 0 Å². The number of benzene rings is 1. The van der Waals surface area contributed by atoms with Gasteiger partial charge < -0.3 is 19.9 Å². The van der Waals surface area contributed by atoms with Gasteiger partial charge in [0.25, 0.3) is 0 Å². The number of nitrogens with two attached hydrogens (primary N) is 1. The summed E-state index contributed by atoms with van der Waals surface area (Å²) in [7, 11) is 0. The number of carbonyl (C=O) groups is 1. The van der Waals surface area contributed by atoms with Crippen LogP contribution >= 0.6 is 0 Å². The Hall–Kier alpha value is -1.75. The zero-order chi connectivity index (χ0) is 15.0. The van der Waals surface area contributed by atoms with Crippen molar-refractivity contribution >= 4 is 5.97 Å². The van der Waals surface area contributed by atoms with E-state index >= 15 is 0 Å². The van der Waals surface area contributed by atoms with E-state index in [0.717, 1.165) is 12.0 Å². The fraction of sp³-hybridized carbons (Fsp3) is 0.533. The molecule has 20 heavy (non-hydrogen) atoms. The Bertz CT molecular complexity index is 432. The maximum absolute atomic E-state index is 11.5. The summed E-state index contributed by atoms with van der Waals surface area (Å²) in [6.45, 7) is 6.46. The van der Waals surface area contributed by atoms with Crippen molar-refractivity contribution in [3.8, 4) is 11.5 Å². The number of hydrogen-bond acceptors (Lipinski definition) is 5. The zero-order valence-electron chi connectivity index (χ0n) is 12.3. The molecule has 0 spiro atoms. The molecule has 1 aromatic carbocycles. The molecule has 0 saturated heterocycles. The lowest BCUT2D eigenvalue weighted by molar-refractivity contribution is -0.149. The second kappa shape index (κ2) is 8.43. The van der Waals surface area contributed by atoms with Crippen LogP contribution in [0.25, 0.3) is 0 Å². The van der Waals surface area contributed by atoms with E-state index in [1.807, 2.05) is 19.1 Å². The molecule has 0 amide bonds. The molecule has 112 valence electrons. The molecule has 0 atom stereocenters. The van der Waals surface area contributed by atoms with Gasteiger partial charge in [0, 0.05) is 0 Å². The standard InChI is InChI=1S/C15H23NO4/c1-4-18-14-9-12(7-8-16)5-6-13(14)19-10-15(17)20-11(2)3/h5-6,9,11H,4,7-8,10,16H2,1-3H3. The summed E-state index contributed by atoms with van der Waals surface area (Å²) < 4.78 is 16.0. The van der Waals surface area contributed by atoms with Crippen LogP contribution in [0.4, 0.5) is 0 Å². The molecule has 0 radical (unpaired) electrons. The van der Waals surface area contributed by atoms with E-state index in [9.17, 15) is 4.79 Å². The molecule has 5 nitrogen and oxygen atoms in total. The van der Waals surface area contributed by atoms with E-state index in [2.05, 4.69) is 0 Å². The molecule has 1 aromatic rings. The lowest BCUT2D eigenvalue weighted by atomic mass is 10.1. The van der Waals surface area contributed by atoms with Crippen LogP contribution in [0.2, 0.25) is 0 Å². The first-order valence-electron chi connectivity index (χ1n) is 6.84. The Morgan fingerprint density at radius 3 is 2.60 bits per heavy atom.